The normalized spacial score (nSPS) is 16.8. The fourth-order valence-electron chi connectivity index (χ4n) is 3.38. The van der Waals surface area contributed by atoms with Gasteiger partial charge in [0.15, 0.2) is 0 Å². The molecule has 3 aromatic heterocycles. The second-order valence-electron chi connectivity index (χ2n) is 6.72. The average Bonchev–Trinajstić information content (AvgIpc) is 3.20. The Morgan fingerprint density at radius 3 is 2.85 bits per heavy atom. The number of rotatable bonds is 3. The monoisotopic (exact) mass is 370 g/mol. The summed E-state index contributed by atoms with van der Waals surface area (Å²) in [6.45, 7) is 5.27. The first-order valence-electron chi connectivity index (χ1n) is 8.41. The van der Waals surface area contributed by atoms with Gasteiger partial charge in [0.25, 0.3) is 5.91 Å². The van der Waals surface area contributed by atoms with Gasteiger partial charge in [-0.05, 0) is 37.1 Å². The molecule has 0 fully saturated rings. The quantitative estimate of drug-likeness (QED) is 0.665. The highest BCUT2D eigenvalue weighted by molar-refractivity contribution is 6.29. The van der Waals surface area contributed by atoms with Gasteiger partial charge < -0.3 is 9.47 Å². The predicted molar refractivity (Wildman–Crippen MR) is 97.7 cm³/mol. The number of carbonyl (C=O) groups excluding carboxylic acids is 1. The van der Waals surface area contributed by atoms with E-state index in [0.29, 0.717) is 17.4 Å². The lowest BCUT2D eigenvalue weighted by Gasteiger charge is -2.34. The van der Waals surface area contributed by atoms with E-state index in [4.69, 9.17) is 11.6 Å². The van der Waals surface area contributed by atoms with Gasteiger partial charge in [-0.2, -0.15) is 0 Å². The number of nitrogens with zero attached hydrogens (tertiary/aromatic N) is 6. The van der Waals surface area contributed by atoms with E-state index in [0.717, 1.165) is 28.9 Å². The number of aromatic nitrogens is 5. The molecule has 0 spiro atoms. The number of hydrogen-bond acceptors (Lipinski definition) is 4. The van der Waals surface area contributed by atoms with Crippen molar-refractivity contribution in [3.63, 3.8) is 0 Å². The van der Waals surface area contributed by atoms with E-state index < -0.39 is 0 Å². The SMILES string of the molecule is Cc1cnc(Cl)cc1-c1cc2n(c1)C[C@H](C)N(Cc1cnnn1C)C2=O. The summed E-state index contributed by atoms with van der Waals surface area (Å²) in [5.74, 6) is 0.00834. The third-order valence-electron chi connectivity index (χ3n) is 4.89. The van der Waals surface area contributed by atoms with Gasteiger partial charge >= 0.3 is 0 Å². The van der Waals surface area contributed by atoms with Gasteiger partial charge in [0.1, 0.15) is 10.8 Å². The second-order valence-corrected chi connectivity index (χ2v) is 7.11. The molecule has 0 N–H and O–H groups in total. The maximum absolute atomic E-state index is 13.1. The van der Waals surface area contributed by atoms with Crippen LogP contribution in [0.4, 0.5) is 0 Å². The van der Waals surface area contributed by atoms with Crippen LogP contribution in [-0.4, -0.2) is 41.4 Å². The lowest BCUT2D eigenvalue weighted by atomic mass is 10.1. The molecule has 26 heavy (non-hydrogen) atoms. The molecule has 1 atom stereocenters. The number of hydrogen-bond donors (Lipinski definition) is 0. The van der Waals surface area contributed by atoms with E-state index in [1.165, 1.54) is 0 Å². The van der Waals surface area contributed by atoms with Crippen LogP contribution in [0.2, 0.25) is 5.15 Å². The topological polar surface area (TPSA) is 68.8 Å². The summed E-state index contributed by atoms with van der Waals surface area (Å²) in [6.07, 6.45) is 5.47. The number of amides is 1. The molecule has 1 aliphatic rings. The predicted octanol–water partition coefficient (Wildman–Crippen LogP) is 2.68. The maximum Gasteiger partial charge on any atom is 0.271 e. The zero-order valence-corrected chi connectivity index (χ0v) is 15.6. The molecule has 0 unspecified atom stereocenters. The third kappa shape index (κ3) is 2.78. The highest BCUT2D eigenvalue weighted by atomic mass is 35.5. The number of pyridine rings is 1. The Kier molecular flexibility index (Phi) is 4.03. The molecule has 0 bridgehead atoms. The standard InChI is InChI=1S/C18H19ClN6O/c1-11-6-20-17(19)5-15(11)13-4-16-18(26)25(12(2)8-24(16)9-13)10-14-7-21-22-23(14)3/h4-7,9,12H,8,10H2,1-3H3/t12-/m0/s1. The molecule has 7 nitrogen and oxygen atoms in total. The maximum atomic E-state index is 13.1. The summed E-state index contributed by atoms with van der Waals surface area (Å²) >= 11 is 6.06. The molecule has 0 saturated heterocycles. The van der Waals surface area contributed by atoms with Gasteiger partial charge in [-0.3, -0.25) is 9.48 Å². The molecule has 4 rings (SSSR count). The van der Waals surface area contributed by atoms with E-state index >= 15 is 0 Å². The first-order valence-corrected chi connectivity index (χ1v) is 8.79. The molecule has 8 heteroatoms. The van der Waals surface area contributed by atoms with Crippen LogP contribution >= 0.6 is 11.6 Å². The summed E-state index contributed by atoms with van der Waals surface area (Å²) < 4.78 is 3.72. The van der Waals surface area contributed by atoms with Crippen molar-refractivity contribution >= 4 is 17.5 Å². The molecule has 0 radical (unpaired) electrons. The highest BCUT2D eigenvalue weighted by Crippen LogP contribution is 2.30. The minimum absolute atomic E-state index is 0.00834. The molecule has 3 aromatic rings. The fraction of sp³-hybridized carbons (Fsp3) is 0.333. The third-order valence-corrected chi connectivity index (χ3v) is 5.10. The second kappa shape index (κ2) is 6.25. The molecule has 1 aliphatic heterocycles. The first-order chi connectivity index (χ1) is 12.4. The van der Waals surface area contributed by atoms with Crippen LogP contribution in [-0.2, 0) is 20.1 Å². The minimum atomic E-state index is 0.00834. The Morgan fingerprint density at radius 2 is 2.12 bits per heavy atom. The Balaban J connectivity index is 1.69. The van der Waals surface area contributed by atoms with Gasteiger partial charge in [-0.25, -0.2) is 4.98 Å². The van der Waals surface area contributed by atoms with Crippen LogP contribution in [0.15, 0.2) is 30.7 Å². The van der Waals surface area contributed by atoms with Gasteiger partial charge in [0.2, 0.25) is 0 Å². The number of fused-ring (bicyclic) bond motifs is 1. The molecule has 1 amide bonds. The highest BCUT2D eigenvalue weighted by Gasteiger charge is 2.31. The van der Waals surface area contributed by atoms with Gasteiger partial charge in [0, 0.05) is 37.6 Å². The Bertz CT molecular complexity index is 991. The van der Waals surface area contributed by atoms with Crippen LogP contribution in [0.1, 0.15) is 28.7 Å². The van der Waals surface area contributed by atoms with Crippen LogP contribution < -0.4 is 0 Å². The van der Waals surface area contributed by atoms with Crippen molar-refractivity contribution in [1.82, 2.24) is 29.4 Å². The zero-order valence-electron chi connectivity index (χ0n) is 14.8. The first kappa shape index (κ1) is 16.8. The summed E-state index contributed by atoms with van der Waals surface area (Å²) in [7, 11) is 1.83. The van der Waals surface area contributed by atoms with E-state index in [9.17, 15) is 4.79 Å². The van der Waals surface area contributed by atoms with Crippen LogP contribution in [0.3, 0.4) is 0 Å². The van der Waals surface area contributed by atoms with Crippen molar-refractivity contribution in [3.8, 4) is 11.1 Å². The van der Waals surface area contributed by atoms with Crippen molar-refractivity contribution in [3.05, 3.63) is 52.8 Å². The fourth-order valence-corrected chi connectivity index (χ4v) is 3.54. The molecule has 0 aliphatic carbocycles. The molecule has 4 heterocycles. The Morgan fingerprint density at radius 1 is 1.31 bits per heavy atom. The van der Waals surface area contributed by atoms with E-state index in [2.05, 4.69) is 22.2 Å². The molecular formula is C18H19ClN6O. The Hall–Kier alpha value is -2.67. The van der Waals surface area contributed by atoms with Crippen molar-refractivity contribution in [2.45, 2.75) is 33.0 Å². The van der Waals surface area contributed by atoms with Crippen molar-refractivity contribution in [2.24, 2.45) is 7.05 Å². The molecule has 0 saturated carbocycles. The largest absolute Gasteiger partial charge is 0.341 e. The lowest BCUT2D eigenvalue weighted by Crippen LogP contribution is -2.45. The summed E-state index contributed by atoms with van der Waals surface area (Å²) in [4.78, 5) is 19.0. The molecule has 0 aromatic carbocycles. The van der Waals surface area contributed by atoms with Gasteiger partial charge in [0.05, 0.1) is 18.4 Å². The summed E-state index contributed by atoms with van der Waals surface area (Å²) in [5.41, 5.74) is 4.58. The number of carbonyl (C=O) groups is 1. The zero-order chi connectivity index (χ0) is 18.4. The van der Waals surface area contributed by atoms with Gasteiger partial charge in [-0.15, -0.1) is 5.10 Å². The van der Waals surface area contributed by atoms with E-state index in [1.807, 2.05) is 41.8 Å². The molecular weight excluding hydrogens is 352 g/mol. The molecule has 134 valence electrons. The van der Waals surface area contributed by atoms with Crippen LogP contribution in [0.5, 0.6) is 0 Å². The summed E-state index contributed by atoms with van der Waals surface area (Å²) in [6, 6.07) is 3.85. The number of halogens is 1. The van der Waals surface area contributed by atoms with Crippen molar-refractivity contribution < 1.29 is 4.79 Å². The van der Waals surface area contributed by atoms with Crippen LogP contribution in [0.25, 0.3) is 11.1 Å². The van der Waals surface area contributed by atoms with Crippen LogP contribution in [0, 0.1) is 6.92 Å². The average molecular weight is 371 g/mol. The smallest absolute Gasteiger partial charge is 0.271 e. The van der Waals surface area contributed by atoms with E-state index in [-0.39, 0.29) is 11.9 Å². The van der Waals surface area contributed by atoms with Crippen molar-refractivity contribution in [1.29, 1.82) is 0 Å². The summed E-state index contributed by atoms with van der Waals surface area (Å²) in [5, 5.41) is 8.28. The lowest BCUT2D eigenvalue weighted by molar-refractivity contribution is 0.0590. The van der Waals surface area contributed by atoms with Gasteiger partial charge in [-0.1, -0.05) is 16.8 Å². The Labute approximate surface area is 156 Å². The van der Waals surface area contributed by atoms with E-state index in [1.54, 1.807) is 17.1 Å². The number of aryl methyl sites for hydroxylation is 2. The van der Waals surface area contributed by atoms with Crippen molar-refractivity contribution in [2.75, 3.05) is 0 Å². The minimum Gasteiger partial charge on any atom is -0.341 e.